The lowest BCUT2D eigenvalue weighted by atomic mass is 10.0. The molecule has 3 rings (SSSR count). The molecule has 0 aliphatic carbocycles. The van der Waals surface area contributed by atoms with Gasteiger partial charge in [-0.1, -0.05) is 23.2 Å². The van der Waals surface area contributed by atoms with Crippen molar-refractivity contribution in [3.63, 3.8) is 0 Å². The van der Waals surface area contributed by atoms with Crippen molar-refractivity contribution in [1.82, 2.24) is 9.47 Å². The average molecular weight is 433 g/mol. The summed E-state index contributed by atoms with van der Waals surface area (Å²) in [7, 11) is 1.31. The summed E-state index contributed by atoms with van der Waals surface area (Å²) < 4.78 is 6.90. The lowest BCUT2D eigenvalue weighted by molar-refractivity contribution is -0.136. The number of halogens is 2. The SMILES string of the molecule is CCN1C(=O)/C(=C\c2cc(C)n(-c3cc(Cl)ccc3Cl)c2C)C(C(=O)OC)=C1C. The third kappa shape index (κ3) is 3.61. The van der Waals surface area contributed by atoms with E-state index in [1.165, 1.54) is 7.11 Å². The molecule has 5 nitrogen and oxygen atoms in total. The number of likely N-dealkylation sites (N-methyl/N-ethyl adjacent to an activating group) is 1. The highest BCUT2D eigenvalue weighted by molar-refractivity contribution is 6.34. The van der Waals surface area contributed by atoms with Crippen molar-refractivity contribution in [2.24, 2.45) is 0 Å². The lowest BCUT2D eigenvalue weighted by Crippen LogP contribution is -2.24. The number of hydrogen-bond donors (Lipinski definition) is 0. The first-order chi connectivity index (χ1) is 13.7. The predicted molar refractivity (Wildman–Crippen MR) is 115 cm³/mol. The highest BCUT2D eigenvalue weighted by atomic mass is 35.5. The van der Waals surface area contributed by atoms with Gasteiger partial charge < -0.3 is 14.2 Å². The van der Waals surface area contributed by atoms with Crippen LogP contribution in [0.4, 0.5) is 0 Å². The number of nitrogens with zero attached hydrogens (tertiary/aromatic N) is 2. The number of carbonyl (C=O) groups is 2. The molecule has 2 heterocycles. The molecule has 0 fully saturated rings. The lowest BCUT2D eigenvalue weighted by Gasteiger charge is -2.14. The molecule has 0 bridgehead atoms. The summed E-state index contributed by atoms with van der Waals surface area (Å²) in [6.45, 7) is 7.97. The molecule has 1 aromatic carbocycles. The summed E-state index contributed by atoms with van der Waals surface area (Å²) in [4.78, 5) is 26.8. The maximum Gasteiger partial charge on any atom is 0.340 e. The maximum absolute atomic E-state index is 12.9. The van der Waals surface area contributed by atoms with Gasteiger partial charge in [0.25, 0.3) is 5.91 Å². The van der Waals surface area contributed by atoms with Gasteiger partial charge in [-0.2, -0.15) is 0 Å². The molecule has 2 aromatic rings. The van der Waals surface area contributed by atoms with Crippen molar-refractivity contribution in [3.8, 4) is 5.69 Å². The van der Waals surface area contributed by atoms with Crippen LogP contribution in [0.5, 0.6) is 0 Å². The predicted octanol–water partition coefficient (Wildman–Crippen LogP) is 5.09. The Hall–Kier alpha value is -2.50. The van der Waals surface area contributed by atoms with Crippen LogP contribution >= 0.6 is 23.2 Å². The van der Waals surface area contributed by atoms with Crippen LogP contribution in [0.1, 0.15) is 30.8 Å². The number of hydrogen-bond acceptors (Lipinski definition) is 3. The monoisotopic (exact) mass is 432 g/mol. The highest BCUT2D eigenvalue weighted by Crippen LogP contribution is 2.34. The van der Waals surface area contributed by atoms with E-state index in [9.17, 15) is 9.59 Å². The Bertz CT molecular complexity index is 1080. The molecule has 29 heavy (non-hydrogen) atoms. The zero-order valence-corrected chi connectivity index (χ0v) is 18.5. The van der Waals surface area contributed by atoms with Gasteiger partial charge in [-0.25, -0.2) is 4.79 Å². The van der Waals surface area contributed by atoms with Crippen molar-refractivity contribution >= 4 is 41.2 Å². The van der Waals surface area contributed by atoms with Gasteiger partial charge >= 0.3 is 5.97 Å². The van der Waals surface area contributed by atoms with E-state index in [-0.39, 0.29) is 5.91 Å². The smallest absolute Gasteiger partial charge is 0.340 e. The molecular weight excluding hydrogens is 411 g/mol. The van der Waals surface area contributed by atoms with E-state index in [1.807, 2.05) is 31.4 Å². The number of benzene rings is 1. The molecule has 0 N–H and O–H groups in total. The Kier molecular flexibility index (Phi) is 5.92. The first-order valence-corrected chi connectivity index (χ1v) is 9.94. The van der Waals surface area contributed by atoms with Crippen molar-refractivity contribution in [2.45, 2.75) is 27.7 Å². The zero-order valence-electron chi connectivity index (χ0n) is 17.0. The number of allylic oxidation sites excluding steroid dienone is 1. The van der Waals surface area contributed by atoms with Crippen LogP contribution < -0.4 is 0 Å². The second-order valence-corrected chi connectivity index (χ2v) is 7.66. The molecule has 1 aliphatic heterocycles. The van der Waals surface area contributed by atoms with Crippen LogP contribution in [-0.4, -0.2) is 35.0 Å². The zero-order chi connectivity index (χ0) is 21.5. The minimum Gasteiger partial charge on any atom is -0.465 e. The van der Waals surface area contributed by atoms with Gasteiger partial charge in [0.1, 0.15) is 0 Å². The van der Waals surface area contributed by atoms with Crippen LogP contribution in [0.15, 0.2) is 41.1 Å². The average Bonchev–Trinajstić information content (AvgIpc) is 3.09. The number of ether oxygens (including phenoxy) is 1. The fourth-order valence-electron chi connectivity index (χ4n) is 3.73. The van der Waals surface area contributed by atoms with E-state index >= 15 is 0 Å². The van der Waals surface area contributed by atoms with E-state index in [4.69, 9.17) is 27.9 Å². The van der Waals surface area contributed by atoms with Gasteiger partial charge in [-0.15, -0.1) is 0 Å². The number of rotatable bonds is 4. The van der Waals surface area contributed by atoms with Crippen molar-refractivity contribution in [2.75, 3.05) is 13.7 Å². The number of esters is 1. The quantitative estimate of drug-likeness (QED) is 0.499. The molecule has 7 heteroatoms. The molecule has 1 aliphatic rings. The van der Waals surface area contributed by atoms with Crippen LogP contribution in [0.3, 0.4) is 0 Å². The second kappa shape index (κ2) is 8.09. The summed E-state index contributed by atoms with van der Waals surface area (Å²) in [6, 6.07) is 7.23. The molecule has 0 radical (unpaired) electrons. The third-order valence-corrected chi connectivity index (χ3v) is 5.69. The maximum atomic E-state index is 12.9. The molecule has 0 atom stereocenters. The standard InChI is InChI=1S/C22H22Cl2N2O3/c1-6-25-14(4)20(22(28)29-5)17(21(25)27)10-15-9-12(2)26(13(15)3)19-11-16(23)7-8-18(19)24/h7-11H,6H2,1-5H3/b17-10-. The van der Waals surface area contributed by atoms with Crippen molar-refractivity contribution in [3.05, 3.63) is 68.1 Å². The summed E-state index contributed by atoms with van der Waals surface area (Å²) in [5.74, 6) is -0.735. The largest absolute Gasteiger partial charge is 0.465 e. The topological polar surface area (TPSA) is 51.5 Å². The molecule has 1 amide bonds. The van der Waals surface area contributed by atoms with Gasteiger partial charge in [0.15, 0.2) is 0 Å². The number of methoxy groups -OCH3 is 1. The van der Waals surface area contributed by atoms with Crippen LogP contribution in [0, 0.1) is 13.8 Å². The van der Waals surface area contributed by atoms with Gasteiger partial charge in [-0.3, -0.25) is 4.79 Å². The third-order valence-electron chi connectivity index (χ3n) is 5.14. The molecule has 0 spiro atoms. The summed E-state index contributed by atoms with van der Waals surface area (Å²) >= 11 is 12.6. The summed E-state index contributed by atoms with van der Waals surface area (Å²) in [6.07, 6.45) is 1.74. The molecule has 152 valence electrons. The fraction of sp³-hybridized carbons (Fsp3) is 0.273. The van der Waals surface area contributed by atoms with Crippen LogP contribution in [-0.2, 0) is 14.3 Å². The summed E-state index contributed by atoms with van der Waals surface area (Å²) in [5, 5.41) is 1.14. The first kappa shape index (κ1) is 21.2. The van der Waals surface area contributed by atoms with Gasteiger partial charge in [0.2, 0.25) is 0 Å². The second-order valence-electron chi connectivity index (χ2n) is 6.82. The normalized spacial score (nSPS) is 15.6. The fourth-order valence-corrected chi connectivity index (χ4v) is 4.09. The minimum absolute atomic E-state index is 0.212. The molecule has 0 saturated carbocycles. The molecule has 0 unspecified atom stereocenters. The van der Waals surface area contributed by atoms with Gasteiger partial charge in [0.05, 0.1) is 29.0 Å². The van der Waals surface area contributed by atoms with E-state index in [2.05, 4.69) is 0 Å². The molecular formula is C22H22Cl2N2O3. The number of amides is 1. The van der Waals surface area contributed by atoms with Crippen LogP contribution in [0.25, 0.3) is 11.8 Å². The Morgan fingerprint density at radius 1 is 1.17 bits per heavy atom. The van der Waals surface area contributed by atoms with E-state index in [0.29, 0.717) is 33.4 Å². The van der Waals surface area contributed by atoms with E-state index in [0.717, 1.165) is 22.6 Å². The van der Waals surface area contributed by atoms with E-state index in [1.54, 1.807) is 36.1 Å². The van der Waals surface area contributed by atoms with Crippen molar-refractivity contribution < 1.29 is 14.3 Å². The Morgan fingerprint density at radius 2 is 1.86 bits per heavy atom. The Morgan fingerprint density at radius 3 is 2.48 bits per heavy atom. The number of aromatic nitrogens is 1. The number of aryl methyl sites for hydroxylation is 1. The minimum atomic E-state index is -0.523. The van der Waals surface area contributed by atoms with Crippen molar-refractivity contribution in [1.29, 1.82) is 0 Å². The van der Waals surface area contributed by atoms with E-state index < -0.39 is 5.97 Å². The Labute approximate surface area is 180 Å². The highest BCUT2D eigenvalue weighted by Gasteiger charge is 2.36. The molecule has 1 aromatic heterocycles. The number of carbonyl (C=O) groups excluding carboxylic acids is 2. The first-order valence-electron chi connectivity index (χ1n) is 9.18. The van der Waals surface area contributed by atoms with Gasteiger partial charge in [-0.05, 0) is 63.6 Å². The molecule has 0 saturated heterocycles. The summed E-state index contributed by atoms with van der Waals surface area (Å²) in [5.41, 5.74) is 4.60. The van der Waals surface area contributed by atoms with Gasteiger partial charge in [0, 0.05) is 28.7 Å². The Balaban J connectivity index is 2.18. The van der Waals surface area contributed by atoms with Crippen LogP contribution in [0.2, 0.25) is 10.0 Å².